The van der Waals surface area contributed by atoms with Crippen LogP contribution in [0.25, 0.3) is 0 Å². The molecule has 0 radical (unpaired) electrons. The van der Waals surface area contributed by atoms with Gasteiger partial charge in [-0.1, -0.05) is 26.2 Å². The molecule has 0 aliphatic heterocycles. The Bertz CT molecular complexity index is 595. The van der Waals surface area contributed by atoms with Crippen LogP contribution in [-0.4, -0.2) is 38.3 Å². The average Bonchev–Trinajstić information content (AvgIpc) is 2.53. The van der Waals surface area contributed by atoms with E-state index < -0.39 is 10.0 Å². The van der Waals surface area contributed by atoms with E-state index in [9.17, 15) is 13.2 Å². The Balaban J connectivity index is 2.68. The SMILES string of the molecule is CCCCCCNC(=O)c1ccc(S(=O)(=O)N(C)C(C)C)cc1. The van der Waals surface area contributed by atoms with Gasteiger partial charge < -0.3 is 5.32 Å². The van der Waals surface area contributed by atoms with Crippen LogP contribution in [0.3, 0.4) is 0 Å². The number of hydrogen-bond acceptors (Lipinski definition) is 3. The summed E-state index contributed by atoms with van der Waals surface area (Å²) in [5.41, 5.74) is 0.478. The number of sulfonamides is 1. The standard InChI is InChI=1S/C17H28N2O3S/c1-5-6-7-8-13-18-17(20)15-9-11-16(12-10-15)23(21,22)19(4)14(2)3/h9-12,14H,5-8,13H2,1-4H3,(H,18,20). The first-order valence-corrected chi connectivity index (χ1v) is 9.61. The van der Waals surface area contributed by atoms with Gasteiger partial charge in [0.15, 0.2) is 0 Å². The largest absolute Gasteiger partial charge is 0.352 e. The van der Waals surface area contributed by atoms with E-state index >= 15 is 0 Å². The van der Waals surface area contributed by atoms with Gasteiger partial charge in [0, 0.05) is 25.2 Å². The van der Waals surface area contributed by atoms with Crippen LogP contribution in [0.1, 0.15) is 56.8 Å². The molecular formula is C17H28N2O3S. The molecule has 5 nitrogen and oxygen atoms in total. The minimum Gasteiger partial charge on any atom is -0.352 e. The van der Waals surface area contributed by atoms with Gasteiger partial charge in [-0.3, -0.25) is 4.79 Å². The molecule has 23 heavy (non-hydrogen) atoms. The lowest BCUT2D eigenvalue weighted by Gasteiger charge is -2.21. The summed E-state index contributed by atoms with van der Waals surface area (Å²) >= 11 is 0. The lowest BCUT2D eigenvalue weighted by Crippen LogP contribution is -2.33. The lowest BCUT2D eigenvalue weighted by molar-refractivity contribution is 0.0953. The topological polar surface area (TPSA) is 66.5 Å². The number of nitrogens with one attached hydrogen (secondary N) is 1. The van der Waals surface area contributed by atoms with E-state index in [0.717, 1.165) is 19.3 Å². The summed E-state index contributed by atoms with van der Waals surface area (Å²) in [5, 5.41) is 2.86. The van der Waals surface area contributed by atoms with Crippen molar-refractivity contribution in [2.24, 2.45) is 0 Å². The van der Waals surface area contributed by atoms with Gasteiger partial charge in [0.05, 0.1) is 4.90 Å². The minimum atomic E-state index is -3.51. The summed E-state index contributed by atoms with van der Waals surface area (Å²) in [6.45, 7) is 6.43. The summed E-state index contributed by atoms with van der Waals surface area (Å²) in [7, 11) is -1.95. The Hall–Kier alpha value is -1.40. The molecular weight excluding hydrogens is 312 g/mol. The molecule has 0 bridgehead atoms. The maximum atomic E-state index is 12.4. The molecule has 1 amide bonds. The van der Waals surface area contributed by atoms with Gasteiger partial charge in [-0.05, 0) is 44.5 Å². The van der Waals surface area contributed by atoms with Crippen molar-refractivity contribution in [1.29, 1.82) is 0 Å². The third-order valence-corrected chi connectivity index (χ3v) is 5.88. The quantitative estimate of drug-likeness (QED) is 0.703. The molecule has 0 spiro atoms. The maximum Gasteiger partial charge on any atom is 0.251 e. The van der Waals surface area contributed by atoms with E-state index in [4.69, 9.17) is 0 Å². The number of amides is 1. The second-order valence-electron chi connectivity index (χ2n) is 5.96. The number of nitrogens with zero attached hydrogens (tertiary/aromatic N) is 1. The Morgan fingerprint density at radius 1 is 1.13 bits per heavy atom. The fourth-order valence-electron chi connectivity index (χ4n) is 2.08. The monoisotopic (exact) mass is 340 g/mol. The van der Waals surface area contributed by atoms with Crippen molar-refractivity contribution in [3.05, 3.63) is 29.8 Å². The van der Waals surface area contributed by atoms with Crippen molar-refractivity contribution in [3.63, 3.8) is 0 Å². The molecule has 0 saturated heterocycles. The summed E-state index contributed by atoms with van der Waals surface area (Å²) < 4.78 is 26.0. The zero-order valence-electron chi connectivity index (χ0n) is 14.5. The molecule has 0 aromatic heterocycles. The van der Waals surface area contributed by atoms with Gasteiger partial charge in [0.1, 0.15) is 0 Å². The molecule has 0 saturated carbocycles. The van der Waals surface area contributed by atoms with Gasteiger partial charge in [0.2, 0.25) is 10.0 Å². The highest BCUT2D eigenvalue weighted by molar-refractivity contribution is 7.89. The zero-order chi connectivity index (χ0) is 17.5. The first kappa shape index (κ1) is 19.6. The van der Waals surface area contributed by atoms with Crippen molar-refractivity contribution in [2.75, 3.05) is 13.6 Å². The Kier molecular flexibility index (Phi) is 7.72. The van der Waals surface area contributed by atoms with Crippen LogP contribution in [0.4, 0.5) is 0 Å². The summed E-state index contributed by atoms with van der Waals surface area (Å²) in [4.78, 5) is 12.2. The normalized spacial score (nSPS) is 11.9. The van der Waals surface area contributed by atoms with Crippen molar-refractivity contribution >= 4 is 15.9 Å². The molecule has 0 unspecified atom stereocenters. The van der Waals surface area contributed by atoms with E-state index in [2.05, 4.69) is 12.2 Å². The van der Waals surface area contributed by atoms with Gasteiger partial charge in [-0.25, -0.2) is 8.42 Å². The summed E-state index contributed by atoms with van der Waals surface area (Å²) in [5.74, 6) is -0.164. The van der Waals surface area contributed by atoms with Gasteiger partial charge in [-0.2, -0.15) is 4.31 Å². The van der Waals surface area contributed by atoms with E-state index in [1.54, 1.807) is 19.2 Å². The molecule has 1 aromatic rings. The van der Waals surface area contributed by atoms with Gasteiger partial charge >= 0.3 is 0 Å². The molecule has 1 rings (SSSR count). The predicted molar refractivity (Wildman–Crippen MR) is 93.0 cm³/mol. The number of unbranched alkanes of at least 4 members (excludes halogenated alkanes) is 3. The number of hydrogen-bond donors (Lipinski definition) is 1. The second-order valence-corrected chi connectivity index (χ2v) is 7.95. The van der Waals surface area contributed by atoms with Gasteiger partial charge in [0.25, 0.3) is 5.91 Å². The van der Waals surface area contributed by atoms with Crippen molar-refractivity contribution in [2.45, 2.75) is 57.4 Å². The lowest BCUT2D eigenvalue weighted by atomic mass is 10.2. The second kappa shape index (κ2) is 9.03. The highest BCUT2D eigenvalue weighted by Gasteiger charge is 2.23. The fraction of sp³-hybridized carbons (Fsp3) is 0.588. The summed E-state index contributed by atoms with van der Waals surface area (Å²) in [6.07, 6.45) is 4.40. The van der Waals surface area contributed by atoms with Crippen LogP contribution in [0, 0.1) is 0 Å². The van der Waals surface area contributed by atoms with Crippen molar-refractivity contribution in [1.82, 2.24) is 9.62 Å². The average molecular weight is 340 g/mol. The predicted octanol–water partition coefficient (Wildman–Crippen LogP) is 3.03. The third kappa shape index (κ3) is 5.62. The van der Waals surface area contributed by atoms with E-state index in [0.29, 0.717) is 12.1 Å². The highest BCUT2D eigenvalue weighted by Crippen LogP contribution is 2.17. The first-order valence-electron chi connectivity index (χ1n) is 8.17. The first-order chi connectivity index (χ1) is 10.8. The molecule has 0 heterocycles. The van der Waals surface area contributed by atoms with Crippen molar-refractivity contribution in [3.8, 4) is 0 Å². The van der Waals surface area contributed by atoms with E-state index in [1.807, 2.05) is 13.8 Å². The van der Waals surface area contributed by atoms with E-state index in [-0.39, 0.29) is 16.8 Å². The van der Waals surface area contributed by atoms with Crippen molar-refractivity contribution < 1.29 is 13.2 Å². The van der Waals surface area contributed by atoms with Crippen LogP contribution >= 0.6 is 0 Å². The number of rotatable bonds is 9. The molecule has 130 valence electrons. The zero-order valence-corrected chi connectivity index (χ0v) is 15.3. The Morgan fingerprint density at radius 3 is 2.26 bits per heavy atom. The van der Waals surface area contributed by atoms with E-state index in [1.165, 1.54) is 22.9 Å². The number of carbonyl (C=O) groups excluding carboxylic acids is 1. The molecule has 1 aromatic carbocycles. The smallest absolute Gasteiger partial charge is 0.251 e. The molecule has 0 aliphatic carbocycles. The number of benzene rings is 1. The van der Waals surface area contributed by atoms with Crippen LogP contribution in [0.5, 0.6) is 0 Å². The van der Waals surface area contributed by atoms with Crippen LogP contribution in [0.15, 0.2) is 29.2 Å². The molecule has 0 fully saturated rings. The molecule has 0 atom stereocenters. The Labute approximate surface area is 140 Å². The highest BCUT2D eigenvalue weighted by atomic mass is 32.2. The molecule has 1 N–H and O–H groups in total. The van der Waals surface area contributed by atoms with Crippen LogP contribution in [0.2, 0.25) is 0 Å². The minimum absolute atomic E-state index is 0.119. The van der Waals surface area contributed by atoms with Gasteiger partial charge in [-0.15, -0.1) is 0 Å². The summed E-state index contributed by atoms with van der Waals surface area (Å²) in [6, 6.07) is 5.97. The molecule has 6 heteroatoms. The van der Waals surface area contributed by atoms with Crippen LogP contribution in [-0.2, 0) is 10.0 Å². The fourth-order valence-corrected chi connectivity index (χ4v) is 3.45. The number of carbonyl (C=O) groups is 1. The molecule has 0 aliphatic rings. The Morgan fingerprint density at radius 2 is 1.74 bits per heavy atom. The maximum absolute atomic E-state index is 12.4. The van der Waals surface area contributed by atoms with Crippen LogP contribution < -0.4 is 5.32 Å². The third-order valence-electron chi connectivity index (χ3n) is 3.84.